The lowest BCUT2D eigenvalue weighted by molar-refractivity contribution is 0.524. The van der Waals surface area contributed by atoms with E-state index < -0.39 is 22.3 Å². The van der Waals surface area contributed by atoms with Gasteiger partial charge in [-0.1, -0.05) is 0 Å². The molecule has 0 bridgehead atoms. The van der Waals surface area contributed by atoms with E-state index in [1.165, 1.54) is 13.3 Å². The Kier molecular flexibility index (Phi) is 3.38. The Morgan fingerprint density at radius 1 is 1.50 bits per heavy atom. The van der Waals surface area contributed by atoms with Gasteiger partial charge in [-0.25, -0.2) is 8.42 Å². The summed E-state index contributed by atoms with van der Waals surface area (Å²) in [5.74, 6) is 0. The van der Waals surface area contributed by atoms with E-state index in [-0.39, 0.29) is 0 Å². The standard InChI is InChI=1S/C2H7NO3S2/c1-3(7(2)4)8(5)6/h1-2H3,(H,5,6). The van der Waals surface area contributed by atoms with Crippen molar-refractivity contribution >= 4 is 22.3 Å². The molecule has 0 saturated carbocycles. The minimum Gasteiger partial charge on any atom is -0.293 e. The molecule has 1 N–H and O–H groups in total. The highest BCUT2D eigenvalue weighted by Crippen LogP contribution is 1.87. The number of rotatable bonds is 2. The normalized spacial score (nSPS) is 18.5. The van der Waals surface area contributed by atoms with Gasteiger partial charge in [-0.05, 0) is 0 Å². The Labute approximate surface area is 52.9 Å². The van der Waals surface area contributed by atoms with Crippen LogP contribution in [-0.4, -0.2) is 30.0 Å². The van der Waals surface area contributed by atoms with Gasteiger partial charge >= 0.3 is 0 Å². The van der Waals surface area contributed by atoms with E-state index in [0.717, 1.165) is 3.71 Å². The van der Waals surface area contributed by atoms with Crippen molar-refractivity contribution in [2.75, 3.05) is 13.3 Å². The highest BCUT2D eigenvalue weighted by atomic mass is 32.3. The van der Waals surface area contributed by atoms with Crippen molar-refractivity contribution in [3.05, 3.63) is 0 Å². The van der Waals surface area contributed by atoms with Gasteiger partial charge in [-0.3, -0.25) is 4.55 Å². The summed E-state index contributed by atoms with van der Waals surface area (Å²) in [5.41, 5.74) is 0. The first-order valence-electron chi connectivity index (χ1n) is 1.74. The van der Waals surface area contributed by atoms with Gasteiger partial charge in [0.05, 0.1) is 0 Å². The molecule has 8 heavy (non-hydrogen) atoms. The Morgan fingerprint density at radius 3 is 1.88 bits per heavy atom. The van der Waals surface area contributed by atoms with E-state index in [9.17, 15) is 8.42 Å². The van der Waals surface area contributed by atoms with E-state index in [4.69, 9.17) is 4.55 Å². The average Bonchev–Trinajstić information content (AvgIpc) is 1.64. The molecule has 50 valence electrons. The third-order valence-corrected chi connectivity index (χ3v) is 2.76. The molecule has 0 aliphatic rings. The SMILES string of the molecule is CN(S(C)=O)S(=O)O. The highest BCUT2D eigenvalue weighted by Gasteiger charge is 2.05. The summed E-state index contributed by atoms with van der Waals surface area (Å²) in [6, 6.07) is 0. The Balaban J connectivity index is 3.83. The van der Waals surface area contributed by atoms with Crippen LogP contribution in [0.1, 0.15) is 0 Å². The zero-order valence-electron chi connectivity index (χ0n) is 4.53. The van der Waals surface area contributed by atoms with Crippen LogP contribution in [0.5, 0.6) is 0 Å². The monoisotopic (exact) mass is 157 g/mol. The van der Waals surface area contributed by atoms with Gasteiger partial charge in [-0.15, -0.1) is 3.71 Å². The quantitative estimate of drug-likeness (QED) is 0.542. The van der Waals surface area contributed by atoms with E-state index in [2.05, 4.69) is 0 Å². The topological polar surface area (TPSA) is 57.6 Å². The third-order valence-electron chi connectivity index (χ3n) is 0.582. The molecule has 4 nitrogen and oxygen atoms in total. The molecule has 0 saturated heterocycles. The van der Waals surface area contributed by atoms with Crippen molar-refractivity contribution in [3.63, 3.8) is 0 Å². The molecule has 0 aromatic heterocycles. The summed E-state index contributed by atoms with van der Waals surface area (Å²) in [6.07, 6.45) is 1.33. The Bertz CT molecular complexity index is 110. The van der Waals surface area contributed by atoms with E-state index in [1.54, 1.807) is 0 Å². The Morgan fingerprint density at radius 2 is 1.88 bits per heavy atom. The molecule has 0 aromatic rings. The molecule has 2 atom stereocenters. The van der Waals surface area contributed by atoms with Crippen LogP contribution in [0.15, 0.2) is 0 Å². The largest absolute Gasteiger partial charge is 0.293 e. The minimum absolute atomic E-state index is 0.833. The number of nitrogens with zero attached hydrogens (tertiary/aromatic N) is 1. The van der Waals surface area contributed by atoms with Gasteiger partial charge in [0, 0.05) is 13.3 Å². The van der Waals surface area contributed by atoms with Crippen LogP contribution >= 0.6 is 0 Å². The van der Waals surface area contributed by atoms with Gasteiger partial charge in [0.15, 0.2) is 0 Å². The first-order valence-corrected chi connectivity index (χ1v) is 4.32. The summed E-state index contributed by atoms with van der Waals surface area (Å²) in [7, 11) is -0.0594. The summed E-state index contributed by atoms with van der Waals surface area (Å²) in [6.45, 7) is 0. The van der Waals surface area contributed by atoms with Crippen molar-refractivity contribution in [2.45, 2.75) is 0 Å². The van der Waals surface area contributed by atoms with Gasteiger partial charge in [-0.2, -0.15) is 0 Å². The highest BCUT2D eigenvalue weighted by molar-refractivity contribution is 7.94. The second kappa shape index (κ2) is 3.29. The maximum Gasteiger partial charge on any atom is 0.246 e. The molecule has 0 aromatic carbocycles. The maximum absolute atomic E-state index is 10.3. The zero-order chi connectivity index (χ0) is 6.73. The summed E-state index contributed by atoms with van der Waals surface area (Å²) in [4.78, 5) is 0. The van der Waals surface area contributed by atoms with Crippen molar-refractivity contribution in [1.82, 2.24) is 3.71 Å². The molecule has 0 rings (SSSR count). The van der Waals surface area contributed by atoms with E-state index in [1.807, 2.05) is 0 Å². The van der Waals surface area contributed by atoms with Crippen molar-refractivity contribution < 1.29 is 13.0 Å². The van der Waals surface area contributed by atoms with Crippen LogP contribution in [0.2, 0.25) is 0 Å². The van der Waals surface area contributed by atoms with Crippen LogP contribution in [0, 0.1) is 0 Å². The van der Waals surface area contributed by atoms with Gasteiger partial charge < -0.3 is 0 Å². The molecule has 0 heterocycles. The fraction of sp³-hybridized carbons (Fsp3) is 1.00. The Hall–Kier alpha value is 0.220. The lowest BCUT2D eigenvalue weighted by Gasteiger charge is -2.03. The molecule has 2 unspecified atom stereocenters. The third kappa shape index (κ3) is 2.51. The summed E-state index contributed by atoms with van der Waals surface area (Å²) < 4.78 is 29.3. The van der Waals surface area contributed by atoms with E-state index >= 15 is 0 Å². The van der Waals surface area contributed by atoms with Crippen LogP contribution < -0.4 is 0 Å². The molecular formula is C2H7NO3S2. The number of hydrogen-bond donors (Lipinski definition) is 1. The van der Waals surface area contributed by atoms with Crippen molar-refractivity contribution in [2.24, 2.45) is 0 Å². The van der Waals surface area contributed by atoms with Gasteiger partial charge in [0.1, 0.15) is 11.0 Å². The average molecular weight is 157 g/mol. The molecule has 0 aliphatic carbocycles. The minimum atomic E-state index is -2.11. The predicted octanol–water partition coefficient (Wildman–Crippen LogP) is -0.652. The first kappa shape index (κ1) is 8.22. The predicted molar refractivity (Wildman–Crippen MR) is 32.6 cm³/mol. The zero-order valence-corrected chi connectivity index (χ0v) is 6.16. The summed E-state index contributed by atoms with van der Waals surface area (Å²) in [5, 5.41) is 0. The first-order chi connectivity index (χ1) is 3.55. The second-order valence-electron chi connectivity index (χ2n) is 1.09. The van der Waals surface area contributed by atoms with Crippen LogP contribution in [0.3, 0.4) is 0 Å². The lowest BCUT2D eigenvalue weighted by atomic mass is 11.6. The fourth-order valence-corrected chi connectivity index (χ4v) is 0.808. The maximum atomic E-state index is 10.3. The summed E-state index contributed by atoms with van der Waals surface area (Å²) >= 11 is -2.11. The van der Waals surface area contributed by atoms with Gasteiger partial charge in [0.25, 0.3) is 0 Å². The molecule has 0 aliphatic heterocycles. The van der Waals surface area contributed by atoms with Crippen LogP contribution in [-0.2, 0) is 22.3 Å². The lowest BCUT2D eigenvalue weighted by Crippen LogP contribution is -2.21. The molecule has 0 radical (unpaired) electrons. The molecule has 0 fully saturated rings. The smallest absolute Gasteiger partial charge is 0.246 e. The van der Waals surface area contributed by atoms with Crippen LogP contribution in [0.25, 0.3) is 0 Å². The van der Waals surface area contributed by atoms with Crippen molar-refractivity contribution in [3.8, 4) is 0 Å². The van der Waals surface area contributed by atoms with E-state index in [0.29, 0.717) is 0 Å². The van der Waals surface area contributed by atoms with Crippen LogP contribution in [0.4, 0.5) is 0 Å². The van der Waals surface area contributed by atoms with Gasteiger partial charge in [0.2, 0.25) is 11.3 Å². The number of hydrogen-bond acceptors (Lipinski definition) is 2. The molecule has 6 heteroatoms. The molecule has 0 spiro atoms. The molecule has 0 amide bonds. The second-order valence-corrected chi connectivity index (χ2v) is 3.73. The molecular weight excluding hydrogens is 150 g/mol. The van der Waals surface area contributed by atoms with Crippen molar-refractivity contribution in [1.29, 1.82) is 0 Å². The fourth-order valence-electron chi connectivity index (χ4n) is 0.0898.